The molecule has 1 aliphatic rings. The van der Waals surface area contributed by atoms with Gasteiger partial charge in [-0.3, -0.25) is 4.79 Å². The quantitative estimate of drug-likeness (QED) is 0.921. The van der Waals surface area contributed by atoms with Gasteiger partial charge in [-0.1, -0.05) is 24.3 Å². The highest BCUT2D eigenvalue weighted by molar-refractivity contribution is 6.07. The lowest BCUT2D eigenvalue weighted by molar-refractivity contribution is 0.0987. The number of nitrogens with zero attached hydrogens (tertiary/aromatic N) is 1. The van der Waals surface area contributed by atoms with E-state index in [0.717, 1.165) is 23.4 Å². The van der Waals surface area contributed by atoms with E-state index in [4.69, 9.17) is 10.5 Å². The van der Waals surface area contributed by atoms with Crippen LogP contribution in [0.15, 0.2) is 48.5 Å². The molecule has 0 aliphatic carbocycles. The van der Waals surface area contributed by atoms with Crippen LogP contribution in [0, 0.1) is 0 Å². The van der Waals surface area contributed by atoms with E-state index < -0.39 is 0 Å². The molecule has 0 spiro atoms. The summed E-state index contributed by atoms with van der Waals surface area (Å²) >= 11 is 0. The normalized spacial score (nSPS) is 14.0. The molecule has 4 nitrogen and oxygen atoms in total. The van der Waals surface area contributed by atoms with Gasteiger partial charge in [0.05, 0.1) is 12.3 Å². The predicted molar refractivity (Wildman–Crippen MR) is 82.6 cm³/mol. The largest absolute Gasteiger partial charge is 0.491 e. The molecule has 0 saturated heterocycles. The van der Waals surface area contributed by atoms with E-state index in [9.17, 15) is 4.79 Å². The highest BCUT2D eigenvalue weighted by atomic mass is 16.5. The maximum atomic E-state index is 12.8. The summed E-state index contributed by atoms with van der Waals surface area (Å²) in [7, 11) is 0. The van der Waals surface area contributed by atoms with Crippen molar-refractivity contribution in [3.05, 3.63) is 59.7 Å². The number of amides is 1. The zero-order valence-corrected chi connectivity index (χ0v) is 11.8. The summed E-state index contributed by atoms with van der Waals surface area (Å²) in [5, 5.41) is 0. The fourth-order valence-corrected chi connectivity index (χ4v) is 2.53. The SMILES string of the molecule is NCc1cccc(C(=O)N2CCCOc3ccccc32)c1. The number of para-hydroxylation sites is 2. The smallest absolute Gasteiger partial charge is 0.258 e. The first-order valence-electron chi connectivity index (χ1n) is 7.12. The molecule has 0 aromatic heterocycles. The fourth-order valence-electron chi connectivity index (χ4n) is 2.53. The van der Waals surface area contributed by atoms with E-state index in [-0.39, 0.29) is 5.91 Å². The Hall–Kier alpha value is -2.33. The highest BCUT2D eigenvalue weighted by Crippen LogP contribution is 2.31. The number of nitrogens with two attached hydrogens (primary N) is 1. The van der Waals surface area contributed by atoms with Gasteiger partial charge in [0, 0.05) is 18.7 Å². The van der Waals surface area contributed by atoms with Crippen LogP contribution in [-0.4, -0.2) is 19.1 Å². The summed E-state index contributed by atoms with van der Waals surface area (Å²) in [6.07, 6.45) is 0.816. The topological polar surface area (TPSA) is 55.6 Å². The average molecular weight is 282 g/mol. The van der Waals surface area contributed by atoms with E-state index in [1.807, 2.05) is 48.5 Å². The van der Waals surface area contributed by atoms with E-state index in [2.05, 4.69) is 0 Å². The maximum Gasteiger partial charge on any atom is 0.258 e. The van der Waals surface area contributed by atoms with E-state index in [1.54, 1.807) is 4.90 Å². The van der Waals surface area contributed by atoms with Crippen LogP contribution < -0.4 is 15.4 Å². The first kappa shape index (κ1) is 13.6. The molecule has 0 bridgehead atoms. The van der Waals surface area contributed by atoms with Gasteiger partial charge in [-0.15, -0.1) is 0 Å². The van der Waals surface area contributed by atoms with Crippen LogP contribution in [0.1, 0.15) is 22.3 Å². The molecular formula is C17H18N2O2. The summed E-state index contributed by atoms with van der Waals surface area (Å²) < 4.78 is 5.70. The van der Waals surface area contributed by atoms with E-state index >= 15 is 0 Å². The number of rotatable bonds is 2. The minimum absolute atomic E-state index is 0.0109. The molecular weight excluding hydrogens is 264 g/mol. The van der Waals surface area contributed by atoms with Crippen LogP contribution >= 0.6 is 0 Å². The predicted octanol–water partition coefficient (Wildman–Crippen LogP) is 2.57. The van der Waals surface area contributed by atoms with Crippen LogP contribution in [0.2, 0.25) is 0 Å². The summed E-state index contributed by atoms with van der Waals surface area (Å²) in [5.74, 6) is 0.751. The first-order valence-corrected chi connectivity index (χ1v) is 7.12. The van der Waals surface area contributed by atoms with Gasteiger partial charge in [-0.25, -0.2) is 0 Å². The van der Waals surface area contributed by atoms with Crippen LogP contribution in [0.3, 0.4) is 0 Å². The van der Waals surface area contributed by atoms with Crippen molar-refractivity contribution in [2.75, 3.05) is 18.1 Å². The molecule has 3 rings (SSSR count). The Morgan fingerprint density at radius 3 is 2.90 bits per heavy atom. The Labute approximate surface area is 124 Å². The monoisotopic (exact) mass is 282 g/mol. The molecule has 21 heavy (non-hydrogen) atoms. The van der Waals surface area contributed by atoms with Gasteiger partial charge in [0.25, 0.3) is 5.91 Å². The van der Waals surface area contributed by atoms with Gasteiger partial charge in [-0.2, -0.15) is 0 Å². The average Bonchev–Trinajstić information content (AvgIpc) is 2.76. The van der Waals surface area contributed by atoms with Gasteiger partial charge in [0.15, 0.2) is 0 Å². The van der Waals surface area contributed by atoms with Gasteiger partial charge in [-0.05, 0) is 36.2 Å². The maximum absolute atomic E-state index is 12.8. The summed E-state index contributed by atoms with van der Waals surface area (Å²) in [5.41, 5.74) is 8.11. The van der Waals surface area contributed by atoms with Gasteiger partial charge in [0.2, 0.25) is 0 Å². The molecule has 1 heterocycles. The Morgan fingerprint density at radius 2 is 2.05 bits per heavy atom. The van der Waals surface area contributed by atoms with Crippen molar-refractivity contribution in [3.8, 4) is 5.75 Å². The van der Waals surface area contributed by atoms with Crippen molar-refractivity contribution in [3.63, 3.8) is 0 Å². The second-order valence-corrected chi connectivity index (χ2v) is 5.03. The lowest BCUT2D eigenvalue weighted by Crippen LogP contribution is -2.31. The highest BCUT2D eigenvalue weighted by Gasteiger charge is 2.22. The molecule has 4 heteroatoms. The Balaban J connectivity index is 1.97. The molecule has 108 valence electrons. The fraction of sp³-hybridized carbons (Fsp3) is 0.235. The third kappa shape index (κ3) is 2.76. The molecule has 0 fully saturated rings. The standard InChI is InChI=1S/C17H18N2O2/c18-12-13-5-3-6-14(11-13)17(20)19-9-4-10-21-16-8-2-1-7-15(16)19/h1-3,5-8,11H,4,9-10,12,18H2. The van der Waals surface area contributed by atoms with Crippen LogP contribution in [0.4, 0.5) is 5.69 Å². The van der Waals surface area contributed by atoms with Gasteiger partial charge < -0.3 is 15.4 Å². The third-order valence-electron chi connectivity index (χ3n) is 3.59. The van der Waals surface area contributed by atoms with Crippen molar-refractivity contribution >= 4 is 11.6 Å². The van der Waals surface area contributed by atoms with Gasteiger partial charge in [0.1, 0.15) is 5.75 Å². The summed E-state index contributed by atoms with van der Waals surface area (Å²) in [6.45, 7) is 1.72. The van der Waals surface area contributed by atoms with Crippen LogP contribution in [-0.2, 0) is 6.54 Å². The number of fused-ring (bicyclic) bond motifs is 1. The van der Waals surface area contributed by atoms with E-state index in [1.165, 1.54) is 0 Å². The van der Waals surface area contributed by atoms with Crippen molar-refractivity contribution in [1.29, 1.82) is 0 Å². The number of carbonyl (C=O) groups is 1. The molecule has 0 saturated carbocycles. The zero-order valence-electron chi connectivity index (χ0n) is 11.8. The molecule has 1 aliphatic heterocycles. The second kappa shape index (κ2) is 5.97. The van der Waals surface area contributed by atoms with Crippen molar-refractivity contribution in [2.45, 2.75) is 13.0 Å². The summed E-state index contributed by atoms with van der Waals surface area (Å²) in [4.78, 5) is 14.6. The molecule has 0 radical (unpaired) electrons. The zero-order chi connectivity index (χ0) is 14.7. The minimum Gasteiger partial charge on any atom is -0.491 e. The molecule has 1 amide bonds. The van der Waals surface area contributed by atoms with Gasteiger partial charge >= 0.3 is 0 Å². The molecule has 2 aromatic carbocycles. The third-order valence-corrected chi connectivity index (χ3v) is 3.59. The van der Waals surface area contributed by atoms with Crippen molar-refractivity contribution in [2.24, 2.45) is 5.73 Å². The lowest BCUT2D eigenvalue weighted by Gasteiger charge is -2.22. The molecule has 2 N–H and O–H groups in total. The number of hydrogen-bond acceptors (Lipinski definition) is 3. The van der Waals surface area contributed by atoms with E-state index in [0.29, 0.717) is 25.3 Å². The second-order valence-electron chi connectivity index (χ2n) is 5.03. The first-order chi connectivity index (χ1) is 10.3. The minimum atomic E-state index is -0.0109. The molecule has 2 aromatic rings. The molecule has 0 atom stereocenters. The Morgan fingerprint density at radius 1 is 1.19 bits per heavy atom. The number of anilines is 1. The Bertz CT molecular complexity index is 655. The number of hydrogen-bond donors (Lipinski definition) is 1. The number of carbonyl (C=O) groups excluding carboxylic acids is 1. The van der Waals surface area contributed by atoms with Crippen molar-refractivity contribution < 1.29 is 9.53 Å². The lowest BCUT2D eigenvalue weighted by atomic mass is 10.1. The summed E-state index contributed by atoms with van der Waals surface area (Å²) in [6, 6.07) is 15.1. The number of benzene rings is 2. The van der Waals surface area contributed by atoms with Crippen LogP contribution in [0.25, 0.3) is 0 Å². The van der Waals surface area contributed by atoms with Crippen LogP contribution in [0.5, 0.6) is 5.75 Å². The van der Waals surface area contributed by atoms with Crippen molar-refractivity contribution in [1.82, 2.24) is 0 Å². The molecule has 0 unspecified atom stereocenters. The Kier molecular flexibility index (Phi) is 3.88. The number of ether oxygens (including phenoxy) is 1.